The van der Waals surface area contributed by atoms with E-state index < -0.39 is 5.41 Å². The van der Waals surface area contributed by atoms with Crippen LogP contribution in [0.5, 0.6) is 0 Å². The number of nitrogens with zero attached hydrogens (tertiary/aromatic N) is 1. The lowest BCUT2D eigenvalue weighted by Crippen LogP contribution is -2.26. The maximum Gasteiger partial charge on any atom is 0.160 e. The largest absolute Gasteiger partial charge is 0.454 e. The van der Waals surface area contributed by atoms with Gasteiger partial charge in [-0.25, -0.2) is 0 Å². The highest BCUT2D eigenvalue weighted by molar-refractivity contribution is 6.23. The average Bonchev–Trinajstić information content (AvgIpc) is 3.80. The van der Waals surface area contributed by atoms with Crippen LogP contribution in [0.15, 0.2) is 168 Å². The number of fused-ring (bicyclic) bond motifs is 15. The number of para-hydroxylation sites is 1. The summed E-state index contributed by atoms with van der Waals surface area (Å²) in [6.07, 6.45) is 0. The Morgan fingerprint density at radius 3 is 1.76 bits per heavy atom. The SMILES string of the molecule is Cc1cc(C)cc(N(c2cccc3c2-c2ccccc2C32c3ccccc3-c3ccccc32)c2cc3ccccc3c3c2oc2ccccc23)c1. The van der Waals surface area contributed by atoms with Gasteiger partial charge in [-0.05, 0) is 105 Å². The number of anilines is 3. The Morgan fingerprint density at radius 2 is 1.04 bits per heavy atom. The fourth-order valence-corrected chi connectivity index (χ4v) is 9.52. The first kappa shape index (κ1) is 28.5. The van der Waals surface area contributed by atoms with E-state index >= 15 is 0 Å². The van der Waals surface area contributed by atoms with E-state index in [0.29, 0.717) is 0 Å². The van der Waals surface area contributed by atoms with Gasteiger partial charge in [-0.1, -0.05) is 133 Å². The maximum atomic E-state index is 6.91. The lowest BCUT2D eigenvalue weighted by Gasteiger charge is -2.32. The van der Waals surface area contributed by atoms with Crippen molar-refractivity contribution >= 4 is 49.8 Å². The topological polar surface area (TPSA) is 16.4 Å². The molecule has 0 fully saturated rings. The van der Waals surface area contributed by atoms with Gasteiger partial charge in [0, 0.05) is 22.0 Å². The van der Waals surface area contributed by atoms with E-state index in [-0.39, 0.29) is 0 Å². The van der Waals surface area contributed by atoms with Crippen LogP contribution in [0.25, 0.3) is 55.0 Å². The Morgan fingerprint density at radius 1 is 0.471 bits per heavy atom. The second kappa shape index (κ2) is 10.3. The Balaban J connectivity index is 1.30. The van der Waals surface area contributed by atoms with Gasteiger partial charge in [-0.2, -0.15) is 0 Å². The van der Waals surface area contributed by atoms with E-state index in [1.165, 1.54) is 66.4 Å². The van der Waals surface area contributed by atoms with E-state index in [2.05, 4.69) is 183 Å². The summed E-state index contributed by atoms with van der Waals surface area (Å²) in [7, 11) is 0. The molecule has 1 spiro atoms. The predicted octanol–water partition coefficient (Wildman–Crippen LogP) is 13.2. The molecule has 9 aromatic rings. The van der Waals surface area contributed by atoms with Gasteiger partial charge in [0.25, 0.3) is 0 Å². The third-order valence-corrected chi connectivity index (χ3v) is 11.3. The molecule has 0 atom stereocenters. The fraction of sp³-hybridized carbons (Fsp3) is 0.0612. The third-order valence-electron chi connectivity index (χ3n) is 11.3. The number of aryl methyl sites for hydroxylation is 2. The molecule has 2 heteroatoms. The summed E-state index contributed by atoms with van der Waals surface area (Å²) >= 11 is 0. The van der Waals surface area contributed by atoms with Crippen molar-refractivity contribution in [1.82, 2.24) is 0 Å². The van der Waals surface area contributed by atoms with E-state index in [4.69, 9.17) is 4.42 Å². The average molecular weight is 652 g/mol. The molecule has 11 rings (SSSR count). The van der Waals surface area contributed by atoms with Gasteiger partial charge >= 0.3 is 0 Å². The zero-order valence-electron chi connectivity index (χ0n) is 28.4. The quantitative estimate of drug-likeness (QED) is 0.189. The number of hydrogen-bond acceptors (Lipinski definition) is 2. The molecule has 2 aliphatic carbocycles. The second-order valence-corrected chi connectivity index (χ2v) is 14.2. The standard InChI is InChI=1S/C49H33NO/c1-30-26-31(2)28-33(27-30)50(44-29-32-14-3-4-15-34(32)46-38-19-8-12-25-45(38)51-48(44)46)43-24-13-23-42-47(43)37-18-7-11-22-41(37)49(42)39-20-9-5-16-35(39)36-17-6-10-21-40(36)49/h3-29H,1-2H3. The molecule has 0 N–H and O–H groups in total. The summed E-state index contributed by atoms with van der Waals surface area (Å²) in [4.78, 5) is 2.47. The molecule has 8 aromatic carbocycles. The van der Waals surface area contributed by atoms with E-state index in [1.807, 2.05) is 0 Å². The minimum absolute atomic E-state index is 0.429. The number of rotatable bonds is 3. The normalized spacial score (nSPS) is 13.5. The predicted molar refractivity (Wildman–Crippen MR) is 212 cm³/mol. The minimum Gasteiger partial charge on any atom is -0.454 e. The molecule has 1 heterocycles. The van der Waals surface area contributed by atoms with Crippen LogP contribution >= 0.6 is 0 Å². The highest BCUT2D eigenvalue weighted by atomic mass is 16.3. The Kier molecular flexibility index (Phi) is 5.76. The first-order chi connectivity index (χ1) is 25.1. The molecule has 240 valence electrons. The zero-order valence-corrected chi connectivity index (χ0v) is 28.4. The summed E-state index contributed by atoms with van der Waals surface area (Å²) in [6.45, 7) is 4.38. The van der Waals surface area contributed by atoms with Crippen LogP contribution in [0.3, 0.4) is 0 Å². The molecule has 0 bridgehead atoms. The highest BCUT2D eigenvalue weighted by Crippen LogP contribution is 2.64. The van der Waals surface area contributed by atoms with Crippen LogP contribution in [0, 0.1) is 13.8 Å². The summed E-state index contributed by atoms with van der Waals surface area (Å²) in [5.41, 5.74) is 17.6. The van der Waals surface area contributed by atoms with Crippen LogP contribution in [0.4, 0.5) is 17.1 Å². The summed E-state index contributed by atoms with van der Waals surface area (Å²) in [5.74, 6) is 0. The van der Waals surface area contributed by atoms with Crippen molar-refractivity contribution in [2.24, 2.45) is 0 Å². The molecule has 2 aliphatic rings. The Labute approximate surface area is 296 Å². The molecule has 0 amide bonds. The zero-order chi connectivity index (χ0) is 33.8. The Hall–Kier alpha value is -6.38. The van der Waals surface area contributed by atoms with Crippen molar-refractivity contribution in [3.8, 4) is 22.3 Å². The van der Waals surface area contributed by atoms with Gasteiger partial charge in [0.1, 0.15) is 5.58 Å². The summed E-state index contributed by atoms with van der Waals surface area (Å²) in [5, 5.41) is 4.66. The van der Waals surface area contributed by atoms with Crippen LogP contribution in [-0.4, -0.2) is 0 Å². The van der Waals surface area contributed by atoms with Crippen LogP contribution in [0.1, 0.15) is 33.4 Å². The van der Waals surface area contributed by atoms with Crippen molar-refractivity contribution in [3.05, 3.63) is 197 Å². The molecule has 0 saturated heterocycles. The van der Waals surface area contributed by atoms with Crippen LogP contribution in [0.2, 0.25) is 0 Å². The lowest BCUT2D eigenvalue weighted by molar-refractivity contribution is 0.669. The maximum absolute atomic E-state index is 6.91. The first-order valence-corrected chi connectivity index (χ1v) is 17.8. The van der Waals surface area contributed by atoms with Gasteiger partial charge in [0.15, 0.2) is 5.58 Å². The molecule has 1 aromatic heterocycles. The smallest absolute Gasteiger partial charge is 0.160 e. The fourth-order valence-electron chi connectivity index (χ4n) is 9.52. The third kappa shape index (κ3) is 3.71. The Bertz CT molecular complexity index is 2840. The molecule has 0 aliphatic heterocycles. The number of furan rings is 1. The van der Waals surface area contributed by atoms with Crippen molar-refractivity contribution in [3.63, 3.8) is 0 Å². The van der Waals surface area contributed by atoms with Crippen molar-refractivity contribution < 1.29 is 4.42 Å². The number of benzene rings is 8. The van der Waals surface area contributed by atoms with E-state index in [0.717, 1.165) is 39.0 Å². The second-order valence-electron chi connectivity index (χ2n) is 14.2. The molecule has 51 heavy (non-hydrogen) atoms. The van der Waals surface area contributed by atoms with E-state index in [9.17, 15) is 0 Å². The van der Waals surface area contributed by atoms with Crippen molar-refractivity contribution in [1.29, 1.82) is 0 Å². The van der Waals surface area contributed by atoms with Gasteiger partial charge in [0.2, 0.25) is 0 Å². The van der Waals surface area contributed by atoms with Crippen molar-refractivity contribution in [2.45, 2.75) is 19.3 Å². The molecule has 0 saturated carbocycles. The number of hydrogen-bond donors (Lipinski definition) is 0. The van der Waals surface area contributed by atoms with Crippen LogP contribution < -0.4 is 4.90 Å². The molecule has 2 nitrogen and oxygen atoms in total. The summed E-state index contributed by atoms with van der Waals surface area (Å²) in [6, 6.07) is 60.4. The lowest BCUT2D eigenvalue weighted by atomic mass is 9.70. The minimum atomic E-state index is -0.429. The van der Waals surface area contributed by atoms with Gasteiger partial charge in [0.05, 0.1) is 16.8 Å². The highest BCUT2D eigenvalue weighted by Gasteiger charge is 2.52. The van der Waals surface area contributed by atoms with Gasteiger partial charge < -0.3 is 9.32 Å². The van der Waals surface area contributed by atoms with Gasteiger partial charge in [-0.3, -0.25) is 0 Å². The van der Waals surface area contributed by atoms with Gasteiger partial charge in [-0.15, -0.1) is 0 Å². The molecular weight excluding hydrogens is 619 g/mol. The molecule has 0 unspecified atom stereocenters. The van der Waals surface area contributed by atoms with E-state index in [1.54, 1.807) is 0 Å². The molecule has 0 radical (unpaired) electrons. The van der Waals surface area contributed by atoms with Crippen molar-refractivity contribution in [2.75, 3.05) is 4.90 Å². The molecular formula is C49H33NO. The first-order valence-electron chi connectivity index (χ1n) is 17.8. The van der Waals surface area contributed by atoms with Crippen LogP contribution in [-0.2, 0) is 5.41 Å². The summed E-state index contributed by atoms with van der Waals surface area (Å²) < 4.78 is 6.91. The monoisotopic (exact) mass is 651 g/mol.